The highest BCUT2D eigenvalue weighted by molar-refractivity contribution is 9.11. The van der Waals surface area contributed by atoms with Gasteiger partial charge in [-0.05, 0) is 56.1 Å². The van der Waals surface area contributed by atoms with Crippen molar-refractivity contribution < 1.29 is 9.53 Å². The van der Waals surface area contributed by atoms with E-state index in [0.717, 1.165) is 15.7 Å². The smallest absolute Gasteiger partial charge is 0.250 e. The number of nitrogens with one attached hydrogen (secondary N) is 2. The first-order valence-electron chi connectivity index (χ1n) is 6.76. The summed E-state index contributed by atoms with van der Waals surface area (Å²) in [5, 5.41) is 10.5. The van der Waals surface area contributed by atoms with Gasteiger partial charge in [0.1, 0.15) is 0 Å². The minimum Gasteiger partial charge on any atom is -0.481 e. The summed E-state index contributed by atoms with van der Waals surface area (Å²) in [5.74, 6) is -0.352. The van der Waals surface area contributed by atoms with Gasteiger partial charge in [0.05, 0.1) is 29.6 Å². The van der Waals surface area contributed by atoms with Crippen LogP contribution in [0, 0.1) is 5.41 Å². The number of ether oxygens (including phenoxy) is 1. The summed E-state index contributed by atoms with van der Waals surface area (Å²) in [5.41, 5.74) is 12.9. The number of benzene rings is 2. The molecule has 0 saturated carbocycles. The maximum absolute atomic E-state index is 10.7. The highest BCUT2D eigenvalue weighted by Gasteiger charge is 2.09. The normalized spacial score (nSPS) is 9.12. The Balaban J connectivity index is 0.000000449. The number of carbonyl (C=O) groups is 1. The first kappa shape index (κ1) is 22.9. The SMILES string of the molecule is C.CNc1c(Br)cccc1C(=N)OC.NC(=O)c1cccc(Br)c1N. The van der Waals surface area contributed by atoms with Gasteiger partial charge in [-0.25, -0.2) is 0 Å². The number of nitrogen functional groups attached to an aromatic ring is 1. The number of nitrogens with two attached hydrogens (primary N) is 2. The molecule has 0 bridgehead atoms. The summed E-state index contributed by atoms with van der Waals surface area (Å²) in [6, 6.07) is 10.7. The molecule has 0 aliphatic heterocycles. The maximum Gasteiger partial charge on any atom is 0.250 e. The third-order valence-electron chi connectivity index (χ3n) is 3.03. The van der Waals surface area contributed by atoms with Crippen LogP contribution in [0.25, 0.3) is 0 Å². The lowest BCUT2D eigenvalue weighted by Crippen LogP contribution is -2.13. The average Bonchev–Trinajstić information content (AvgIpc) is 2.56. The summed E-state index contributed by atoms with van der Waals surface area (Å²) in [6.45, 7) is 0. The second-order valence-electron chi connectivity index (χ2n) is 4.51. The lowest BCUT2D eigenvalue weighted by Gasteiger charge is -2.10. The number of hydrogen-bond acceptors (Lipinski definition) is 5. The van der Waals surface area contributed by atoms with Gasteiger partial charge < -0.3 is 21.5 Å². The number of methoxy groups -OCH3 is 1. The average molecular weight is 474 g/mol. The molecular formula is C17H22Br2N4O2. The minimum atomic E-state index is -0.510. The van der Waals surface area contributed by atoms with Gasteiger partial charge in [-0.2, -0.15) is 0 Å². The van der Waals surface area contributed by atoms with E-state index in [1.54, 1.807) is 18.2 Å². The zero-order chi connectivity index (χ0) is 18.3. The molecule has 0 aliphatic carbocycles. The van der Waals surface area contributed by atoms with E-state index in [4.69, 9.17) is 21.6 Å². The van der Waals surface area contributed by atoms with Crippen molar-refractivity contribution in [3.05, 3.63) is 56.5 Å². The Morgan fingerprint density at radius 3 is 2.08 bits per heavy atom. The summed E-state index contributed by atoms with van der Waals surface area (Å²) < 4.78 is 6.47. The van der Waals surface area contributed by atoms with Crippen LogP contribution in [0.1, 0.15) is 23.3 Å². The Bertz CT molecular complexity index is 751. The molecule has 0 unspecified atom stereocenters. The standard InChI is InChI=1S/C9H11BrN2O.C7H7BrN2O.CH4/c1-12-8-6(9(11)13-2)4-3-5-7(8)10;8-5-3-1-2-4(6(5)9)7(10)11;/h3-5,11-12H,1-2H3;1-3H,9H2,(H2,10,11);1H4. The van der Waals surface area contributed by atoms with Crippen molar-refractivity contribution in [3.8, 4) is 0 Å². The monoisotopic (exact) mass is 472 g/mol. The van der Waals surface area contributed by atoms with Crippen LogP contribution in [0.5, 0.6) is 0 Å². The first-order chi connectivity index (χ1) is 11.3. The van der Waals surface area contributed by atoms with Gasteiger partial charge >= 0.3 is 0 Å². The minimum absolute atomic E-state index is 0. The third kappa shape index (κ3) is 6.06. The van der Waals surface area contributed by atoms with Crippen LogP contribution >= 0.6 is 31.9 Å². The maximum atomic E-state index is 10.7. The summed E-state index contributed by atoms with van der Waals surface area (Å²) in [4.78, 5) is 10.7. The van der Waals surface area contributed by atoms with Crippen molar-refractivity contribution in [2.45, 2.75) is 7.43 Å². The predicted octanol–water partition coefficient (Wildman–Crippen LogP) is 4.23. The van der Waals surface area contributed by atoms with Gasteiger partial charge in [0.25, 0.3) is 5.91 Å². The molecule has 6 nitrogen and oxygen atoms in total. The largest absolute Gasteiger partial charge is 0.481 e. The molecule has 0 aromatic heterocycles. The van der Waals surface area contributed by atoms with Crippen LogP contribution in [0.4, 0.5) is 11.4 Å². The molecule has 25 heavy (non-hydrogen) atoms. The Morgan fingerprint density at radius 1 is 1.12 bits per heavy atom. The molecule has 8 heteroatoms. The number of rotatable bonds is 3. The van der Waals surface area contributed by atoms with Crippen LogP contribution < -0.4 is 16.8 Å². The quantitative estimate of drug-likeness (QED) is 0.303. The third-order valence-corrected chi connectivity index (χ3v) is 4.38. The number of primary amides is 1. The molecule has 0 spiro atoms. The molecule has 0 radical (unpaired) electrons. The van der Waals surface area contributed by atoms with Gasteiger partial charge in [-0.1, -0.05) is 19.6 Å². The Morgan fingerprint density at radius 2 is 1.64 bits per heavy atom. The van der Waals surface area contributed by atoms with Crippen LogP contribution in [-0.4, -0.2) is 26.0 Å². The number of amides is 1. The van der Waals surface area contributed by atoms with Crippen molar-refractivity contribution in [2.75, 3.05) is 25.2 Å². The molecule has 6 N–H and O–H groups in total. The van der Waals surface area contributed by atoms with Crippen LogP contribution in [0.2, 0.25) is 0 Å². The van der Waals surface area contributed by atoms with E-state index in [0.29, 0.717) is 15.7 Å². The highest BCUT2D eigenvalue weighted by Crippen LogP contribution is 2.26. The van der Waals surface area contributed by atoms with E-state index in [2.05, 4.69) is 37.2 Å². The molecule has 0 aliphatic rings. The molecule has 0 heterocycles. The van der Waals surface area contributed by atoms with E-state index >= 15 is 0 Å². The second-order valence-corrected chi connectivity index (χ2v) is 6.22. The number of halogens is 2. The second kappa shape index (κ2) is 10.7. The number of hydrogen-bond donors (Lipinski definition) is 4. The molecule has 1 amide bonds. The molecule has 136 valence electrons. The van der Waals surface area contributed by atoms with E-state index in [9.17, 15) is 4.79 Å². The Labute approximate surface area is 164 Å². The van der Waals surface area contributed by atoms with Gasteiger partial charge in [0.15, 0.2) is 0 Å². The topological polar surface area (TPSA) is 114 Å². The molecule has 0 atom stereocenters. The molecule has 0 saturated heterocycles. The van der Waals surface area contributed by atoms with Crippen molar-refractivity contribution in [3.63, 3.8) is 0 Å². The number of carbonyl (C=O) groups excluding carboxylic acids is 1. The number of para-hydroxylation sites is 2. The van der Waals surface area contributed by atoms with Gasteiger partial charge in [0, 0.05) is 16.0 Å². The summed E-state index contributed by atoms with van der Waals surface area (Å²) in [7, 11) is 3.30. The fraction of sp³-hybridized carbons (Fsp3) is 0.176. The van der Waals surface area contributed by atoms with Crippen molar-refractivity contribution in [1.82, 2.24) is 0 Å². The lowest BCUT2D eigenvalue weighted by atomic mass is 10.2. The predicted molar refractivity (Wildman–Crippen MR) is 111 cm³/mol. The van der Waals surface area contributed by atoms with Crippen molar-refractivity contribution >= 4 is 55.0 Å². The summed E-state index contributed by atoms with van der Waals surface area (Å²) >= 11 is 6.57. The Hall–Kier alpha value is -2.06. The fourth-order valence-corrected chi connectivity index (χ4v) is 2.76. The van der Waals surface area contributed by atoms with Crippen LogP contribution in [0.15, 0.2) is 45.3 Å². The van der Waals surface area contributed by atoms with E-state index in [-0.39, 0.29) is 13.3 Å². The van der Waals surface area contributed by atoms with Gasteiger partial charge in [0.2, 0.25) is 5.90 Å². The molecular weight excluding hydrogens is 452 g/mol. The zero-order valence-electron chi connectivity index (χ0n) is 13.2. The van der Waals surface area contributed by atoms with E-state index in [1.165, 1.54) is 7.11 Å². The molecule has 0 fully saturated rings. The van der Waals surface area contributed by atoms with Gasteiger partial charge in [-0.15, -0.1) is 0 Å². The van der Waals surface area contributed by atoms with Gasteiger partial charge in [-0.3, -0.25) is 10.2 Å². The van der Waals surface area contributed by atoms with Crippen molar-refractivity contribution in [1.29, 1.82) is 5.41 Å². The van der Waals surface area contributed by atoms with Crippen molar-refractivity contribution in [2.24, 2.45) is 5.73 Å². The highest BCUT2D eigenvalue weighted by atomic mass is 79.9. The van der Waals surface area contributed by atoms with Crippen LogP contribution in [0.3, 0.4) is 0 Å². The Kier molecular flexibility index (Phi) is 9.85. The number of anilines is 2. The zero-order valence-corrected chi connectivity index (χ0v) is 16.4. The molecule has 2 aromatic carbocycles. The van der Waals surface area contributed by atoms with Crippen LogP contribution in [-0.2, 0) is 4.74 Å². The van der Waals surface area contributed by atoms with E-state index in [1.807, 2.05) is 25.2 Å². The fourth-order valence-electron chi connectivity index (χ4n) is 1.83. The lowest BCUT2D eigenvalue weighted by molar-refractivity contribution is 0.100. The van der Waals surface area contributed by atoms with E-state index < -0.39 is 5.91 Å². The first-order valence-corrected chi connectivity index (χ1v) is 8.35. The molecule has 2 rings (SSSR count). The summed E-state index contributed by atoms with van der Waals surface area (Å²) in [6.07, 6.45) is 0. The molecule has 2 aromatic rings.